The van der Waals surface area contributed by atoms with Crippen LogP contribution in [0.2, 0.25) is 0 Å². The van der Waals surface area contributed by atoms with Gasteiger partial charge in [-0.2, -0.15) is 4.98 Å². The molecule has 4 heterocycles. The van der Waals surface area contributed by atoms with E-state index in [1.54, 1.807) is 23.1 Å². The van der Waals surface area contributed by atoms with E-state index in [-0.39, 0.29) is 11.9 Å². The van der Waals surface area contributed by atoms with Crippen molar-refractivity contribution in [3.63, 3.8) is 0 Å². The largest absolute Gasteiger partial charge is 0.477 e. The van der Waals surface area contributed by atoms with Crippen LogP contribution in [0.15, 0.2) is 48.9 Å². The number of ether oxygens (including phenoxy) is 1. The number of aromatic nitrogens is 5. The number of rotatable bonds is 7. The SMILES string of the molecule is Cc1ncc(-c2ccn3nc(N)nc3c2)cc1C(=O)NCc1cccnc1OCC1CCC1. The van der Waals surface area contributed by atoms with Gasteiger partial charge in [0.15, 0.2) is 5.65 Å². The fraction of sp³-hybridized carbons (Fsp3) is 0.292. The minimum atomic E-state index is -0.205. The molecule has 4 aromatic heterocycles. The van der Waals surface area contributed by atoms with E-state index in [1.807, 2.05) is 37.3 Å². The van der Waals surface area contributed by atoms with E-state index in [9.17, 15) is 4.79 Å². The summed E-state index contributed by atoms with van der Waals surface area (Å²) in [7, 11) is 0. The Morgan fingerprint density at radius 3 is 2.94 bits per heavy atom. The van der Waals surface area contributed by atoms with Crippen molar-refractivity contribution < 1.29 is 9.53 Å². The Bertz CT molecular complexity index is 1310. The molecule has 1 saturated carbocycles. The maximum absolute atomic E-state index is 13.0. The first-order valence-electron chi connectivity index (χ1n) is 11.0. The number of pyridine rings is 3. The zero-order chi connectivity index (χ0) is 22.8. The maximum atomic E-state index is 13.0. The summed E-state index contributed by atoms with van der Waals surface area (Å²) >= 11 is 0. The van der Waals surface area contributed by atoms with Gasteiger partial charge in [0.05, 0.1) is 17.9 Å². The fourth-order valence-electron chi connectivity index (χ4n) is 3.81. The smallest absolute Gasteiger partial charge is 0.253 e. The lowest BCUT2D eigenvalue weighted by Crippen LogP contribution is -2.25. The van der Waals surface area contributed by atoms with E-state index in [1.165, 1.54) is 19.3 Å². The zero-order valence-corrected chi connectivity index (χ0v) is 18.4. The molecular weight excluding hydrogens is 418 g/mol. The second-order valence-electron chi connectivity index (χ2n) is 8.30. The second kappa shape index (κ2) is 8.85. The van der Waals surface area contributed by atoms with Crippen molar-refractivity contribution in [3.8, 4) is 17.0 Å². The van der Waals surface area contributed by atoms with Crippen LogP contribution in [-0.4, -0.2) is 37.1 Å². The molecule has 1 fully saturated rings. The molecule has 9 heteroatoms. The third-order valence-electron chi connectivity index (χ3n) is 5.99. The predicted molar refractivity (Wildman–Crippen MR) is 124 cm³/mol. The number of amides is 1. The van der Waals surface area contributed by atoms with E-state index in [0.717, 1.165) is 16.7 Å². The molecule has 1 aliphatic carbocycles. The summed E-state index contributed by atoms with van der Waals surface area (Å²) in [6.45, 7) is 2.81. The van der Waals surface area contributed by atoms with Crippen molar-refractivity contribution in [2.24, 2.45) is 5.92 Å². The first-order valence-corrected chi connectivity index (χ1v) is 11.0. The average molecular weight is 444 g/mol. The lowest BCUT2D eigenvalue weighted by atomic mass is 9.86. The molecule has 168 valence electrons. The molecular formula is C24H25N7O2. The molecule has 0 unspecified atom stereocenters. The van der Waals surface area contributed by atoms with Crippen molar-refractivity contribution in [1.82, 2.24) is 29.9 Å². The van der Waals surface area contributed by atoms with Crippen LogP contribution in [0.5, 0.6) is 5.88 Å². The summed E-state index contributed by atoms with van der Waals surface area (Å²) < 4.78 is 7.52. The normalized spacial score (nSPS) is 13.6. The van der Waals surface area contributed by atoms with Crippen LogP contribution in [-0.2, 0) is 6.54 Å². The number of carbonyl (C=O) groups excluding carboxylic acids is 1. The molecule has 3 N–H and O–H groups in total. The molecule has 0 aliphatic heterocycles. The molecule has 4 aromatic rings. The Morgan fingerprint density at radius 2 is 2.12 bits per heavy atom. The topological polar surface area (TPSA) is 120 Å². The zero-order valence-electron chi connectivity index (χ0n) is 18.4. The Labute approximate surface area is 191 Å². The monoisotopic (exact) mass is 443 g/mol. The highest BCUT2D eigenvalue weighted by atomic mass is 16.5. The second-order valence-corrected chi connectivity index (χ2v) is 8.30. The van der Waals surface area contributed by atoms with Crippen molar-refractivity contribution in [3.05, 3.63) is 65.7 Å². The number of nitrogens with zero attached hydrogens (tertiary/aromatic N) is 5. The molecule has 9 nitrogen and oxygen atoms in total. The first kappa shape index (κ1) is 20.9. The summed E-state index contributed by atoms with van der Waals surface area (Å²) in [5.41, 5.74) is 9.99. The number of nitrogens with two attached hydrogens (primary N) is 1. The van der Waals surface area contributed by atoms with Crippen molar-refractivity contribution in [1.29, 1.82) is 0 Å². The number of hydrogen-bond donors (Lipinski definition) is 2. The molecule has 0 atom stereocenters. The highest BCUT2D eigenvalue weighted by Gasteiger charge is 2.19. The van der Waals surface area contributed by atoms with Gasteiger partial charge in [0.25, 0.3) is 5.91 Å². The molecule has 0 spiro atoms. The van der Waals surface area contributed by atoms with Crippen LogP contribution in [0.3, 0.4) is 0 Å². The summed E-state index contributed by atoms with van der Waals surface area (Å²) in [5, 5.41) is 7.07. The summed E-state index contributed by atoms with van der Waals surface area (Å²) in [4.78, 5) is 26.0. The summed E-state index contributed by atoms with van der Waals surface area (Å²) in [5.74, 6) is 1.19. The van der Waals surface area contributed by atoms with E-state index in [0.29, 0.717) is 41.9 Å². The minimum absolute atomic E-state index is 0.205. The Morgan fingerprint density at radius 1 is 1.24 bits per heavy atom. The van der Waals surface area contributed by atoms with Gasteiger partial charge in [0, 0.05) is 36.3 Å². The lowest BCUT2D eigenvalue weighted by Gasteiger charge is -2.25. The maximum Gasteiger partial charge on any atom is 0.253 e. The molecule has 0 radical (unpaired) electrons. The van der Waals surface area contributed by atoms with Gasteiger partial charge in [-0.15, -0.1) is 5.10 Å². The fourth-order valence-corrected chi connectivity index (χ4v) is 3.81. The van der Waals surface area contributed by atoms with E-state index in [4.69, 9.17) is 10.5 Å². The van der Waals surface area contributed by atoms with E-state index >= 15 is 0 Å². The summed E-state index contributed by atoms with van der Waals surface area (Å²) in [6.07, 6.45) is 8.91. The molecule has 0 saturated heterocycles. The quantitative estimate of drug-likeness (QED) is 0.450. The number of anilines is 1. The standard InChI is InChI=1S/C24H25N7O2/c1-15-20(10-19(13-27-15)17-7-9-31-21(11-17)29-24(25)30-31)22(32)28-12-18-6-3-8-26-23(18)33-14-16-4-2-5-16/h3,6-11,13,16H,2,4-5,12,14H2,1H3,(H2,25,30)(H,28,32). The van der Waals surface area contributed by atoms with E-state index in [2.05, 4.69) is 25.4 Å². The van der Waals surface area contributed by atoms with Crippen LogP contribution < -0.4 is 15.8 Å². The van der Waals surface area contributed by atoms with Gasteiger partial charge < -0.3 is 15.8 Å². The van der Waals surface area contributed by atoms with Crippen molar-refractivity contribution in [2.75, 3.05) is 12.3 Å². The molecule has 0 aromatic carbocycles. The van der Waals surface area contributed by atoms with Crippen LogP contribution in [0.4, 0.5) is 5.95 Å². The van der Waals surface area contributed by atoms with Crippen LogP contribution in [0.1, 0.15) is 40.9 Å². The molecule has 0 bridgehead atoms. The van der Waals surface area contributed by atoms with Crippen LogP contribution in [0, 0.1) is 12.8 Å². The molecule has 1 amide bonds. The van der Waals surface area contributed by atoms with Crippen LogP contribution in [0.25, 0.3) is 16.8 Å². The number of fused-ring (bicyclic) bond motifs is 1. The predicted octanol–water partition coefficient (Wildman–Crippen LogP) is 3.19. The van der Waals surface area contributed by atoms with Gasteiger partial charge in [-0.3, -0.25) is 9.78 Å². The highest BCUT2D eigenvalue weighted by molar-refractivity contribution is 5.96. The van der Waals surface area contributed by atoms with Crippen molar-refractivity contribution in [2.45, 2.75) is 32.7 Å². The Balaban J connectivity index is 1.31. The third-order valence-corrected chi connectivity index (χ3v) is 5.99. The number of carbonyl (C=O) groups is 1. The Kier molecular flexibility index (Phi) is 5.60. The number of nitrogen functional groups attached to an aromatic ring is 1. The van der Waals surface area contributed by atoms with E-state index < -0.39 is 0 Å². The Hall–Kier alpha value is -4.01. The number of aryl methyl sites for hydroxylation is 1. The lowest BCUT2D eigenvalue weighted by molar-refractivity contribution is 0.0949. The van der Waals surface area contributed by atoms with Gasteiger partial charge in [0.1, 0.15) is 0 Å². The van der Waals surface area contributed by atoms with Crippen LogP contribution >= 0.6 is 0 Å². The van der Waals surface area contributed by atoms with Gasteiger partial charge >= 0.3 is 0 Å². The molecule has 5 rings (SSSR count). The minimum Gasteiger partial charge on any atom is -0.477 e. The van der Waals surface area contributed by atoms with Crippen molar-refractivity contribution >= 4 is 17.5 Å². The van der Waals surface area contributed by atoms with Gasteiger partial charge in [-0.1, -0.05) is 12.5 Å². The molecule has 33 heavy (non-hydrogen) atoms. The highest BCUT2D eigenvalue weighted by Crippen LogP contribution is 2.27. The van der Waals surface area contributed by atoms with Gasteiger partial charge in [-0.05, 0) is 55.5 Å². The van der Waals surface area contributed by atoms with Gasteiger partial charge in [-0.25, -0.2) is 9.50 Å². The number of nitrogens with one attached hydrogen (secondary N) is 1. The first-order chi connectivity index (χ1) is 16.1. The molecule has 1 aliphatic rings. The average Bonchev–Trinajstić information content (AvgIpc) is 3.16. The number of hydrogen-bond acceptors (Lipinski definition) is 7. The summed E-state index contributed by atoms with van der Waals surface area (Å²) in [6, 6.07) is 9.35. The third kappa shape index (κ3) is 4.48. The van der Waals surface area contributed by atoms with Gasteiger partial charge in [0.2, 0.25) is 11.8 Å².